The van der Waals surface area contributed by atoms with Crippen molar-refractivity contribution in [1.29, 1.82) is 0 Å². The fraction of sp³-hybridized carbons (Fsp3) is 0.786. The Morgan fingerprint density at radius 1 is 1.42 bits per heavy atom. The molecule has 0 aromatic carbocycles. The molecule has 2 unspecified atom stereocenters. The van der Waals surface area contributed by atoms with E-state index in [1.54, 1.807) is 0 Å². The van der Waals surface area contributed by atoms with Crippen LogP contribution in [-0.4, -0.2) is 65.2 Å². The molecule has 5 heteroatoms. The standard InChI is InChI=1S/C14H27N5/c1-4-19-9-6-16-14(19)10-12(15)13-11-17(2)7-5-8-18(13)3/h6,9,12-13H,4-5,7-8,10-11,15H2,1-3H3. The summed E-state index contributed by atoms with van der Waals surface area (Å²) in [4.78, 5) is 9.24. The van der Waals surface area contributed by atoms with Crippen LogP contribution >= 0.6 is 0 Å². The van der Waals surface area contributed by atoms with Crippen LogP contribution < -0.4 is 5.73 Å². The van der Waals surface area contributed by atoms with Gasteiger partial charge in [-0.1, -0.05) is 0 Å². The van der Waals surface area contributed by atoms with E-state index in [0.717, 1.165) is 38.4 Å². The topological polar surface area (TPSA) is 50.3 Å². The van der Waals surface area contributed by atoms with E-state index in [0.29, 0.717) is 6.04 Å². The van der Waals surface area contributed by atoms with Crippen molar-refractivity contribution >= 4 is 0 Å². The molecule has 19 heavy (non-hydrogen) atoms. The molecule has 2 heterocycles. The van der Waals surface area contributed by atoms with Crippen LogP contribution in [-0.2, 0) is 13.0 Å². The van der Waals surface area contributed by atoms with Gasteiger partial charge in [0, 0.05) is 44.0 Å². The first kappa shape index (κ1) is 14.5. The van der Waals surface area contributed by atoms with Crippen molar-refractivity contribution in [1.82, 2.24) is 19.4 Å². The maximum atomic E-state index is 6.46. The lowest BCUT2D eigenvalue weighted by Crippen LogP contribution is -2.51. The highest BCUT2D eigenvalue weighted by molar-refractivity contribution is 4.98. The fourth-order valence-corrected chi connectivity index (χ4v) is 2.93. The summed E-state index contributed by atoms with van der Waals surface area (Å²) in [6.07, 6.45) is 5.98. The van der Waals surface area contributed by atoms with Crippen molar-refractivity contribution in [2.24, 2.45) is 5.73 Å². The van der Waals surface area contributed by atoms with Gasteiger partial charge in [-0.05, 0) is 40.5 Å². The third-order valence-corrected chi connectivity index (χ3v) is 4.17. The predicted octanol–water partition coefficient (Wildman–Crippen LogP) is 0.409. The Kier molecular flexibility index (Phi) is 4.96. The Morgan fingerprint density at radius 2 is 2.21 bits per heavy atom. The van der Waals surface area contributed by atoms with E-state index < -0.39 is 0 Å². The number of rotatable bonds is 4. The lowest BCUT2D eigenvalue weighted by atomic mass is 10.0. The number of likely N-dealkylation sites (N-methyl/N-ethyl adjacent to an activating group) is 2. The molecule has 0 spiro atoms. The molecule has 0 bridgehead atoms. The Hall–Kier alpha value is -0.910. The molecule has 0 aliphatic carbocycles. The molecule has 1 saturated heterocycles. The summed E-state index contributed by atoms with van der Waals surface area (Å²) in [6.45, 7) is 6.44. The highest BCUT2D eigenvalue weighted by Crippen LogP contribution is 2.12. The maximum absolute atomic E-state index is 6.46. The van der Waals surface area contributed by atoms with Gasteiger partial charge in [0.25, 0.3) is 0 Å². The molecule has 1 aromatic rings. The molecule has 0 radical (unpaired) electrons. The van der Waals surface area contributed by atoms with E-state index in [1.165, 1.54) is 6.42 Å². The van der Waals surface area contributed by atoms with Crippen molar-refractivity contribution < 1.29 is 0 Å². The average molecular weight is 265 g/mol. The van der Waals surface area contributed by atoms with E-state index in [1.807, 2.05) is 12.4 Å². The summed E-state index contributed by atoms with van der Waals surface area (Å²) < 4.78 is 2.18. The van der Waals surface area contributed by atoms with Crippen LogP contribution in [0.15, 0.2) is 12.4 Å². The molecule has 0 amide bonds. The molecule has 1 aliphatic heterocycles. The highest BCUT2D eigenvalue weighted by Gasteiger charge is 2.27. The number of nitrogens with two attached hydrogens (primary N) is 1. The van der Waals surface area contributed by atoms with E-state index >= 15 is 0 Å². The van der Waals surface area contributed by atoms with Crippen molar-refractivity contribution in [2.45, 2.75) is 38.4 Å². The van der Waals surface area contributed by atoms with Crippen LogP contribution in [0.4, 0.5) is 0 Å². The van der Waals surface area contributed by atoms with E-state index in [2.05, 4.69) is 40.4 Å². The summed E-state index contributed by atoms with van der Waals surface area (Å²) >= 11 is 0. The lowest BCUT2D eigenvalue weighted by Gasteiger charge is -2.32. The zero-order valence-electron chi connectivity index (χ0n) is 12.4. The number of aromatic nitrogens is 2. The molecule has 2 N–H and O–H groups in total. The molecule has 5 nitrogen and oxygen atoms in total. The molecular formula is C14H27N5. The molecule has 2 rings (SSSR count). The van der Waals surface area contributed by atoms with Gasteiger partial charge in [-0.15, -0.1) is 0 Å². The maximum Gasteiger partial charge on any atom is 0.110 e. The summed E-state index contributed by atoms with van der Waals surface area (Å²) in [5, 5.41) is 0. The summed E-state index contributed by atoms with van der Waals surface area (Å²) in [5.74, 6) is 1.11. The predicted molar refractivity (Wildman–Crippen MR) is 78.1 cm³/mol. The van der Waals surface area contributed by atoms with Crippen LogP contribution in [0.2, 0.25) is 0 Å². The van der Waals surface area contributed by atoms with Crippen molar-refractivity contribution in [3.05, 3.63) is 18.2 Å². The first-order valence-electron chi connectivity index (χ1n) is 7.26. The first-order valence-corrected chi connectivity index (χ1v) is 7.26. The first-order chi connectivity index (χ1) is 9.11. The van der Waals surface area contributed by atoms with Crippen LogP contribution in [0.25, 0.3) is 0 Å². The molecule has 1 fully saturated rings. The highest BCUT2D eigenvalue weighted by atomic mass is 15.2. The minimum Gasteiger partial charge on any atom is -0.335 e. The van der Waals surface area contributed by atoms with Gasteiger partial charge >= 0.3 is 0 Å². The second-order valence-corrected chi connectivity index (χ2v) is 5.66. The monoisotopic (exact) mass is 265 g/mol. The molecule has 1 aliphatic rings. The summed E-state index contributed by atoms with van der Waals surface area (Å²) in [7, 11) is 4.38. The van der Waals surface area contributed by atoms with E-state index in [9.17, 15) is 0 Å². The Balaban J connectivity index is 2.03. The largest absolute Gasteiger partial charge is 0.335 e. The quantitative estimate of drug-likeness (QED) is 0.856. The van der Waals surface area contributed by atoms with Gasteiger partial charge in [0.2, 0.25) is 0 Å². The summed E-state index contributed by atoms with van der Waals surface area (Å²) in [6, 6.07) is 0.549. The second kappa shape index (κ2) is 6.50. The van der Waals surface area contributed by atoms with Gasteiger partial charge in [0.15, 0.2) is 0 Å². The zero-order chi connectivity index (χ0) is 13.8. The fourth-order valence-electron chi connectivity index (χ4n) is 2.93. The minimum absolute atomic E-state index is 0.137. The Labute approximate surface area is 116 Å². The van der Waals surface area contributed by atoms with Gasteiger partial charge in [-0.2, -0.15) is 0 Å². The third-order valence-electron chi connectivity index (χ3n) is 4.17. The van der Waals surface area contributed by atoms with Gasteiger partial charge in [0.05, 0.1) is 0 Å². The number of nitrogens with zero attached hydrogens (tertiary/aromatic N) is 4. The van der Waals surface area contributed by atoms with Gasteiger partial charge in [-0.25, -0.2) is 4.98 Å². The van der Waals surface area contributed by atoms with Crippen LogP contribution in [0.1, 0.15) is 19.2 Å². The smallest absolute Gasteiger partial charge is 0.110 e. The number of imidazole rings is 1. The second-order valence-electron chi connectivity index (χ2n) is 5.66. The lowest BCUT2D eigenvalue weighted by molar-refractivity contribution is 0.193. The van der Waals surface area contributed by atoms with Gasteiger partial charge in [0.1, 0.15) is 5.82 Å². The van der Waals surface area contributed by atoms with Crippen LogP contribution in [0.3, 0.4) is 0 Å². The molecule has 0 saturated carbocycles. The minimum atomic E-state index is 0.137. The van der Waals surface area contributed by atoms with Gasteiger partial charge < -0.3 is 20.1 Å². The number of hydrogen-bond donors (Lipinski definition) is 1. The van der Waals surface area contributed by atoms with Crippen molar-refractivity contribution in [3.8, 4) is 0 Å². The van der Waals surface area contributed by atoms with Crippen LogP contribution in [0, 0.1) is 0 Å². The van der Waals surface area contributed by atoms with Crippen molar-refractivity contribution in [2.75, 3.05) is 33.7 Å². The van der Waals surface area contributed by atoms with Gasteiger partial charge in [-0.3, -0.25) is 0 Å². The molecular weight excluding hydrogens is 238 g/mol. The number of aryl methyl sites for hydroxylation is 1. The Bertz CT molecular complexity index is 389. The molecule has 2 atom stereocenters. The zero-order valence-corrected chi connectivity index (χ0v) is 12.4. The van der Waals surface area contributed by atoms with E-state index in [4.69, 9.17) is 5.73 Å². The van der Waals surface area contributed by atoms with Crippen molar-refractivity contribution in [3.63, 3.8) is 0 Å². The number of hydrogen-bond acceptors (Lipinski definition) is 4. The van der Waals surface area contributed by atoms with Crippen LogP contribution in [0.5, 0.6) is 0 Å². The Morgan fingerprint density at radius 3 is 2.95 bits per heavy atom. The van der Waals surface area contributed by atoms with E-state index in [-0.39, 0.29) is 6.04 Å². The molecule has 1 aromatic heterocycles. The average Bonchev–Trinajstić information content (AvgIpc) is 2.75. The normalized spacial score (nSPS) is 24.3. The third kappa shape index (κ3) is 3.55. The summed E-state index contributed by atoms with van der Waals surface area (Å²) in [5.41, 5.74) is 6.46. The SMILES string of the molecule is CCn1ccnc1CC(N)C1CN(C)CCCN1C. The molecule has 108 valence electrons.